The zero-order valence-electron chi connectivity index (χ0n) is 13.0. The van der Waals surface area contributed by atoms with Crippen LogP contribution in [0.3, 0.4) is 0 Å². The molecule has 0 aromatic rings. The molecule has 1 aliphatic rings. The summed E-state index contributed by atoms with van der Waals surface area (Å²) in [6.45, 7) is 4.63. The molecule has 7 heteroatoms. The van der Waals surface area contributed by atoms with E-state index in [-0.39, 0.29) is 0 Å². The molecule has 0 spiro atoms. The first-order chi connectivity index (χ1) is 9.05. The number of hydrogen-bond acceptors (Lipinski definition) is 5. The van der Waals surface area contributed by atoms with E-state index in [1.54, 1.807) is 21.3 Å². The summed E-state index contributed by atoms with van der Waals surface area (Å²) in [5.41, 5.74) is 0. The summed E-state index contributed by atoms with van der Waals surface area (Å²) in [4.78, 5) is 0. The molecule has 1 atom stereocenters. The smallest absolute Gasteiger partial charge is 0.406 e. The van der Waals surface area contributed by atoms with Crippen molar-refractivity contribution in [1.82, 2.24) is 4.57 Å². The van der Waals surface area contributed by atoms with Gasteiger partial charge in [0.25, 0.3) is 8.48 Å². The minimum Gasteiger partial charge on any atom is -0.406 e. The van der Waals surface area contributed by atoms with E-state index in [1.165, 1.54) is 19.0 Å². The first-order valence-corrected chi connectivity index (χ1v) is 11.5. The highest BCUT2D eigenvalue weighted by Crippen LogP contribution is 2.27. The van der Waals surface area contributed by atoms with E-state index in [0.717, 1.165) is 25.4 Å². The Balaban J connectivity index is 2.31. The predicted molar refractivity (Wildman–Crippen MR) is 80.4 cm³/mol. The maximum absolute atomic E-state index is 5.77. The second kappa shape index (κ2) is 7.87. The fourth-order valence-corrected chi connectivity index (χ4v) is 7.42. The fourth-order valence-electron chi connectivity index (χ4n) is 2.77. The Hall–Kier alpha value is 0.234. The summed E-state index contributed by atoms with van der Waals surface area (Å²) in [6.07, 6.45) is 3.51. The van der Waals surface area contributed by atoms with Gasteiger partial charge in [0.1, 0.15) is 0 Å². The van der Waals surface area contributed by atoms with E-state index >= 15 is 0 Å². The van der Waals surface area contributed by atoms with Crippen molar-refractivity contribution in [3.05, 3.63) is 0 Å². The zero-order valence-corrected chi connectivity index (χ0v) is 15.0. The Kier molecular flexibility index (Phi) is 7.16. The van der Waals surface area contributed by atoms with Gasteiger partial charge in [0.15, 0.2) is 0 Å². The van der Waals surface area contributed by atoms with Crippen LogP contribution >= 0.6 is 0 Å². The third-order valence-electron chi connectivity index (χ3n) is 4.27. The molecule has 1 fully saturated rings. The van der Waals surface area contributed by atoms with E-state index in [0.29, 0.717) is 0 Å². The molecule has 5 nitrogen and oxygen atoms in total. The van der Waals surface area contributed by atoms with E-state index in [2.05, 4.69) is 11.1 Å². The third-order valence-corrected chi connectivity index (χ3v) is 11.0. The van der Waals surface area contributed by atoms with Crippen molar-refractivity contribution >= 4 is 17.3 Å². The van der Waals surface area contributed by atoms with Crippen molar-refractivity contribution < 1.29 is 17.7 Å². The van der Waals surface area contributed by atoms with Crippen LogP contribution in [0.25, 0.3) is 0 Å². The molecule has 1 saturated heterocycles. The molecule has 0 bridgehead atoms. The second-order valence-electron chi connectivity index (χ2n) is 5.22. The highest BCUT2D eigenvalue weighted by molar-refractivity contribution is 6.70. The quantitative estimate of drug-likeness (QED) is 0.482. The van der Waals surface area contributed by atoms with E-state index in [4.69, 9.17) is 17.7 Å². The molecule has 0 aromatic carbocycles. The Labute approximate surface area is 119 Å². The summed E-state index contributed by atoms with van der Waals surface area (Å²) < 4.78 is 24.7. The van der Waals surface area contributed by atoms with Crippen LogP contribution in [0, 0.1) is 0 Å². The average Bonchev–Trinajstić information content (AvgIpc) is 2.82. The minimum atomic E-state index is -2.38. The number of hydrogen-bond donors (Lipinski definition) is 0. The van der Waals surface area contributed by atoms with E-state index in [1.807, 2.05) is 7.11 Å². The Morgan fingerprint density at radius 3 is 2.21 bits per heavy atom. The van der Waals surface area contributed by atoms with Gasteiger partial charge in [-0.1, -0.05) is 0 Å². The third kappa shape index (κ3) is 4.35. The summed E-state index contributed by atoms with van der Waals surface area (Å²) in [5.74, 6) is 0. The van der Waals surface area contributed by atoms with Gasteiger partial charge in [-0.15, -0.1) is 0 Å². The lowest BCUT2D eigenvalue weighted by Crippen LogP contribution is -2.48. The second-order valence-corrected chi connectivity index (χ2v) is 12.2. The van der Waals surface area contributed by atoms with Crippen molar-refractivity contribution in [1.29, 1.82) is 0 Å². The molecule has 0 amide bonds. The molecule has 1 aliphatic heterocycles. The number of rotatable bonds is 9. The summed E-state index contributed by atoms with van der Waals surface area (Å²) in [6, 6.07) is 2.14. The van der Waals surface area contributed by atoms with Crippen molar-refractivity contribution in [3.63, 3.8) is 0 Å². The van der Waals surface area contributed by atoms with Gasteiger partial charge in [0, 0.05) is 34.5 Å². The molecule has 0 aliphatic carbocycles. The van der Waals surface area contributed by atoms with Crippen LogP contribution < -0.4 is 0 Å². The van der Waals surface area contributed by atoms with Gasteiger partial charge in [0.2, 0.25) is 0 Å². The average molecular weight is 308 g/mol. The van der Waals surface area contributed by atoms with E-state index < -0.39 is 17.3 Å². The van der Waals surface area contributed by atoms with Crippen molar-refractivity contribution in [2.24, 2.45) is 0 Å². The molecule has 114 valence electrons. The topological polar surface area (TPSA) is 40.2 Å². The molecule has 1 rings (SSSR count). The van der Waals surface area contributed by atoms with Gasteiger partial charge < -0.3 is 22.3 Å². The van der Waals surface area contributed by atoms with Gasteiger partial charge in [-0.2, -0.15) is 0 Å². The molecular weight excluding hydrogens is 278 g/mol. The van der Waals surface area contributed by atoms with Crippen LogP contribution in [0.15, 0.2) is 0 Å². The van der Waals surface area contributed by atoms with Crippen molar-refractivity contribution in [2.75, 3.05) is 41.5 Å². The van der Waals surface area contributed by atoms with Crippen LogP contribution in [0.1, 0.15) is 19.3 Å². The van der Waals surface area contributed by atoms with Crippen LogP contribution in [0.2, 0.25) is 18.6 Å². The maximum Gasteiger partial charge on any atom is 0.500 e. The largest absolute Gasteiger partial charge is 0.500 e. The van der Waals surface area contributed by atoms with Gasteiger partial charge in [-0.05, 0) is 44.9 Å². The molecule has 0 aromatic heterocycles. The zero-order chi connectivity index (χ0) is 14.4. The lowest BCUT2D eigenvalue weighted by molar-refractivity contribution is 0.122. The Bertz CT molecular complexity index is 258. The van der Waals surface area contributed by atoms with Crippen molar-refractivity contribution in [3.8, 4) is 0 Å². The highest BCUT2D eigenvalue weighted by atomic mass is 28.4. The molecule has 0 saturated carbocycles. The summed E-state index contributed by atoms with van der Waals surface area (Å²) >= 11 is 0. The highest BCUT2D eigenvalue weighted by Gasteiger charge is 2.40. The first-order valence-electron chi connectivity index (χ1n) is 7.01. The normalized spacial score (nSPS) is 25.1. The van der Waals surface area contributed by atoms with Gasteiger partial charge in [-0.25, -0.2) is 0 Å². The van der Waals surface area contributed by atoms with Gasteiger partial charge in [0.05, 0.1) is 0 Å². The van der Waals surface area contributed by atoms with Crippen LogP contribution in [0.4, 0.5) is 0 Å². The first kappa shape index (κ1) is 17.3. The van der Waals surface area contributed by atoms with Gasteiger partial charge in [-0.3, -0.25) is 0 Å². The minimum absolute atomic E-state index is 0.885. The summed E-state index contributed by atoms with van der Waals surface area (Å²) in [5, 5.41) is 0. The monoisotopic (exact) mass is 307 g/mol. The molecule has 0 N–H and O–H groups in total. The number of nitrogens with zero attached hydrogens (tertiary/aromatic N) is 1. The lowest BCUT2D eigenvalue weighted by Gasteiger charge is -2.31. The lowest BCUT2D eigenvalue weighted by atomic mass is 10.3. The Morgan fingerprint density at radius 1 is 1.05 bits per heavy atom. The van der Waals surface area contributed by atoms with Gasteiger partial charge >= 0.3 is 8.80 Å². The molecular formula is C12H29NO4Si2. The molecule has 1 unspecified atom stereocenters. The fraction of sp³-hybridized carbons (Fsp3) is 1.00. The molecule has 1 heterocycles. The van der Waals surface area contributed by atoms with Crippen LogP contribution in [-0.2, 0) is 17.7 Å². The molecule has 0 radical (unpaired) electrons. The summed E-state index contributed by atoms with van der Waals surface area (Å²) in [7, 11) is 2.95. The van der Waals surface area contributed by atoms with E-state index in [9.17, 15) is 0 Å². The molecule has 19 heavy (non-hydrogen) atoms. The van der Waals surface area contributed by atoms with Crippen molar-refractivity contribution in [2.45, 2.75) is 37.9 Å². The predicted octanol–water partition coefficient (Wildman–Crippen LogP) is 2.07. The van der Waals surface area contributed by atoms with Crippen LogP contribution in [0.5, 0.6) is 0 Å². The number of unbranched alkanes of at least 4 members (excludes halogenated alkanes) is 1. The SMILES string of the molecule is CO[Si](CCCCN1CCC[Si]1(C)OC)(OC)OC. The Morgan fingerprint density at radius 2 is 1.68 bits per heavy atom. The maximum atomic E-state index is 5.77. The van der Waals surface area contributed by atoms with Crippen LogP contribution in [-0.4, -0.2) is 63.4 Å². The standard InChI is InChI=1S/C12H29NO4Si2/c1-14-18(5)11-8-10-13(18)9-6-7-12-19(15-2,16-3)17-4/h6-12H2,1-5H3.